The van der Waals surface area contributed by atoms with Gasteiger partial charge in [-0.3, -0.25) is 39.2 Å². The summed E-state index contributed by atoms with van der Waals surface area (Å²) >= 11 is 0. The van der Waals surface area contributed by atoms with Crippen molar-refractivity contribution in [2.24, 2.45) is 0 Å². The first-order valence-electron chi connectivity index (χ1n) is 28.6. The summed E-state index contributed by atoms with van der Waals surface area (Å²) in [6.45, 7) is 4.74. The maximum Gasteiger partial charge on any atom is 0.337 e. The first-order chi connectivity index (χ1) is 43.3. The van der Waals surface area contributed by atoms with E-state index < -0.39 is 17.8 Å². The summed E-state index contributed by atoms with van der Waals surface area (Å²) < 4.78 is 44.9. The van der Waals surface area contributed by atoms with Crippen LogP contribution in [0.3, 0.4) is 0 Å². The van der Waals surface area contributed by atoms with Crippen LogP contribution in [0.25, 0.3) is 0 Å². The van der Waals surface area contributed by atoms with E-state index >= 15 is 0 Å². The zero-order valence-corrected chi connectivity index (χ0v) is 49.4. The van der Waals surface area contributed by atoms with E-state index in [1.165, 1.54) is 20.4 Å². The molecule has 12 rings (SSSR count). The first-order valence-corrected chi connectivity index (χ1v) is 28.6. The van der Waals surface area contributed by atoms with Crippen molar-refractivity contribution < 1.29 is 71.9 Å². The summed E-state index contributed by atoms with van der Waals surface area (Å²) in [5.74, 6) is 3.89. The third kappa shape index (κ3) is 14.7. The molecule has 0 bridgehead atoms. The van der Waals surface area contributed by atoms with Gasteiger partial charge in [0.15, 0.2) is 23.0 Å². The fourth-order valence-electron chi connectivity index (χ4n) is 10.3. The molecular formula is C67H65N7O15. The molecule has 22 heteroatoms. The minimum atomic E-state index is -0.587. The number of esters is 2. The number of hydrogen-bond donors (Lipinski definition) is 2. The van der Waals surface area contributed by atoms with Crippen LogP contribution in [0.2, 0.25) is 0 Å². The van der Waals surface area contributed by atoms with Gasteiger partial charge in [0.05, 0.1) is 98.0 Å². The molecule has 0 spiro atoms. The van der Waals surface area contributed by atoms with E-state index in [2.05, 4.69) is 19.5 Å². The van der Waals surface area contributed by atoms with E-state index in [-0.39, 0.29) is 30.9 Å². The Morgan fingerprint density at radius 3 is 1.28 bits per heavy atom. The zero-order chi connectivity index (χ0) is 62.4. The van der Waals surface area contributed by atoms with Crippen molar-refractivity contribution in [1.82, 2.24) is 20.3 Å². The molecule has 4 amide bonds. The summed E-state index contributed by atoms with van der Waals surface area (Å²) in [5, 5.41) is 8.68. The molecule has 0 fully saturated rings. The summed E-state index contributed by atoms with van der Waals surface area (Å²) in [6, 6.07) is 43.8. The molecule has 6 heterocycles. The van der Waals surface area contributed by atoms with Crippen molar-refractivity contribution in [3.05, 3.63) is 209 Å². The number of carbonyl (C=O) groups is 6. The van der Waals surface area contributed by atoms with Crippen LogP contribution in [-0.2, 0) is 19.1 Å². The molecule has 2 N–H and O–H groups in total. The number of ether oxygens (including phenoxy) is 8. The Labute approximate surface area is 513 Å². The highest BCUT2D eigenvalue weighted by molar-refractivity contribution is 6.10. The average molecular weight is 1210 g/mol. The number of hydrogen-bond acceptors (Lipinski definition) is 18. The number of rotatable bonds is 15. The normalized spacial score (nSPS) is 15.0. The molecule has 5 aliphatic rings. The molecule has 89 heavy (non-hydrogen) atoms. The Hall–Kier alpha value is -10.6. The van der Waals surface area contributed by atoms with Gasteiger partial charge >= 0.3 is 11.9 Å². The number of anilines is 3. The van der Waals surface area contributed by atoms with Gasteiger partial charge in [-0.2, -0.15) is 0 Å². The summed E-state index contributed by atoms with van der Waals surface area (Å²) in [4.78, 5) is 87.5. The van der Waals surface area contributed by atoms with Crippen molar-refractivity contribution in [2.75, 3.05) is 109 Å². The minimum Gasteiger partial charge on any atom is -0.492 e. The number of benzene rings is 6. The zero-order valence-electron chi connectivity index (χ0n) is 49.4. The fraction of sp³-hybridized carbons (Fsp3) is 0.239. The number of pyridine rings is 1. The van der Waals surface area contributed by atoms with Gasteiger partial charge in [-0.05, 0) is 142 Å². The van der Waals surface area contributed by atoms with E-state index in [1.807, 2.05) is 86.9 Å². The molecule has 0 unspecified atom stereocenters. The van der Waals surface area contributed by atoms with Crippen molar-refractivity contribution in [3.63, 3.8) is 0 Å². The topological polar surface area (TPSA) is 238 Å². The lowest BCUT2D eigenvalue weighted by molar-refractivity contribution is -0.116. The number of carbonyl (C=O) groups excluding carboxylic acids is 6. The minimum absolute atomic E-state index is 0.0345. The SMILES string of the molecule is CN1CCC2=C(C1)Oc1ccccc1N(CCOc1ccc(C(=O)NO)cc1)C2=O.COC(=O)c1ccc(OCCN2C(=O)C3=C(CN(C)CC3)Oc3ccccc32)cc1.COC(=O)c1ccc(OCCN2C(=O)c3ccncc3Oc3ccccc32)cc1. The summed E-state index contributed by atoms with van der Waals surface area (Å²) in [7, 11) is 6.71. The summed E-state index contributed by atoms with van der Waals surface area (Å²) in [5.41, 5.74) is 6.82. The number of amides is 4. The molecule has 5 aliphatic heterocycles. The standard InChI is InChI=1S/C23H24N2O5.C22H23N3O5.C22H18N2O5/c1-24-12-11-18-21(15-24)30-20-6-4-3-5-19(20)25(22(18)26)13-14-29-17-9-7-16(8-10-17)23(27)28-2;1-24-11-10-17-20(14-24)30-19-5-3-2-4-18(19)25(22(17)27)12-13-29-16-8-6-15(7-9-16)21(26)23-28;1-27-22(26)15-6-8-16(9-7-15)28-13-12-24-18-4-2-3-5-19(18)29-20-14-23-11-10-17(20)21(24)25/h3-10H,11-15H2,1-2H3;2-9,28H,10-14H2,1H3,(H,23,26);2-11,14H,12-13H2,1H3. The van der Waals surface area contributed by atoms with Crippen molar-refractivity contribution >= 4 is 52.6 Å². The van der Waals surface area contributed by atoms with Gasteiger partial charge in [0.1, 0.15) is 48.6 Å². The van der Waals surface area contributed by atoms with Crippen LogP contribution >= 0.6 is 0 Å². The molecule has 0 saturated carbocycles. The molecule has 0 atom stereocenters. The molecule has 1 aromatic heterocycles. The largest absolute Gasteiger partial charge is 0.492 e. The van der Waals surface area contributed by atoms with E-state index in [0.717, 1.165) is 35.8 Å². The lowest BCUT2D eigenvalue weighted by atomic mass is 10.1. The van der Waals surface area contributed by atoms with Crippen molar-refractivity contribution in [3.8, 4) is 40.2 Å². The van der Waals surface area contributed by atoms with Crippen LogP contribution in [0.1, 0.15) is 54.3 Å². The number of likely N-dealkylation sites (N-methyl/N-ethyl adjacent to an activating group) is 2. The average Bonchev–Trinajstić information content (AvgIpc) is 2.53. The third-order valence-electron chi connectivity index (χ3n) is 14.9. The van der Waals surface area contributed by atoms with Crippen LogP contribution in [0, 0.1) is 0 Å². The number of nitrogens with zero attached hydrogens (tertiary/aromatic N) is 6. The van der Waals surface area contributed by atoms with Crippen LogP contribution < -0.4 is 48.6 Å². The highest BCUT2D eigenvalue weighted by atomic mass is 16.5. The van der Waals surface area contributed by atoms with Gasteiger partial charge in [0.2, 0.25) is 0 Å². The maximum absolute atomic E-state index is 13.3. The van der Waals surface area contributed by atoms with Crippen LogP contribution in [-0.4, -0.2) is 150 Å². The quantitative estimate of drug-likeness (QED) is 0.0554. The third-order valence-corrected chi connectivity index (χ3v) is 14.9. The number of nitrogens with one attached hydrogen (secondary N) is 1. The monoisotopic (exact) mass is 1210 g/mol. The lowest BCUT2D eigenvalue weighted by Crippen LogP contribution is -2.38. The molecular weight excluding hydrogens is 1140 g/mol. The first kappa shape index (κ1) is 61.5. The fourth-order valence-corrected chi connectivity index (χ4v) is 10.3. The van der Waals surface area contributed by atoms with Gasteiger partial charge in [-0.15, -0.1) is 0 Å². The van der Waals surface area contributed by atoms with Crippen LogP contribution in [0.15, 0.2) is 187 Å². The second-order valence-corrected chi connectivity index (χ2v) is 20.8. The molecule has 7 aromatic rings. The predicted octanol–water partition coefficient (Wildman–Crippen LogP) is 8.77. The van der Waals surface area contributed by atoms with E-state index in [4.69, 9.17) is 38.4 Å². The van der Waals surface area contributed by atoms with Gasteiger partial charge in [-0.1, -0.05) is 36.4 Å². The second kappa shape index (κ2) is 28.8. The number of hydroxylamine groups is 1. The molecule has 6 aromatic carbocycles. The Morgan fingerprint density at radius 1 is 0.494 bits per heavy atom. The number of methoxy groups -OCH3 is 2. The number of fused-ring (bicyclic) bond motifs is 4. The predicted molar refractivity (Wildman–Crippen MR) is 327 cm³/mol. The van der Waals surface area contributed by atoms with Gasteiger partial charge in [0, 0.05) is 24.8 Å². The highest BCUT2D eigenvalue weighted by Gasteiger charge is 2.35. The highest BCUT2D eigenvalue weighted by Crippen LogP contribution is 2.40. The van der Waals surface area contributed by atoms with Gasteiger partial charge in [-0.25, -0.2) is 15.1 Å². The number of para-hydroxylation sites is 6. The number of aromatic nitrogens is 1. The maximum atomic E-state index is 13.3. The van der Waals surface area contributed by atoms with Gasteiger partial charge in [0.25, 0.3) is 23.6 Å². The second-order valence-electron chi connectivity index (χ2n) is 20.8. The molecule has 0 radical (unpaired) electrons. The Balaban J connectivity index is 0.000000147. The van der Waals surface area contributed by atoms with Crippen LogP contribution in [0.5, 0.6) is 40.2 Å². The Kier molecular flexibility index (Phi) is 19.9. The smallest absolute Gasteiger partial charge is 0.337 e. The van der Waals surface area contributed by atoms with E-state index in [9.17, 15) is 28.8 Å². The molecule has 22 nitrogen and oxygen atoms in total. The van der Waals surface area contributed by atoms with Crippen molar-refractivity contribution in [2.45, 2.75) is 12.8 Å². The van der Waals surface area contributed by atoms with E-state index in [0.29, 0.717) is 132 Å². The Morgan fingerprint density at radius 2 is 0.876 bits per heavy atom. The molecule has 458 valence electrons. The molecule has 0 aliphatic carbocycles. The van der Waals surface area contributed by atoms with Crippen molar-refractivity contribution in [1.29, 1.82) is 0 Å². The Bertz CT molecular complexity index is 3640. The van der Waals surface area contributed by atoms with E-state index in [1.54, 1.807) is 105 Å². The van der Waals surface area contributed by atoms with Gasteiger partial charge < -0.3 is 52.6 Å². The lowest BCUT2D eigenvalue weighted by Gasteiger charge is -2.26. The molecule has 0 saturated heterocycles. The summed E-state index contributed by atoms with van der Waals surface area (Å²) in [6.07, 6.45) is 4.40. The van der Waals surface area contributed by atoms with Crippen LogP contribution in [0.4, 0.5) is 17.1 Å².